The molecule has 6 heteroatoms. The summed E-state index contributed by atoms with van der Waals surface area (Å²) in [5.41, 5.74) is 8.32. The van der Waals surface area contributed by atoms with Crippen molar-refractivity contribution >= 4 is 11.9 Å². The Bertz CT molecular complexity index is 501. The lowest BCUT2D eigenvalue weighted by Crippen LogP contribution is -2.32. The highest BCUT2D eigenvalue weighted by Crippen LogP contribution is 2.19. The van der Waals surface area contributed by atoms with Gasteiger partial charge in [0.1, 0.15) is 6.61 Å². The largest absolute Gasteiger partial charge is 0.480 e. The number of rotatable bonds is 5. The van der Waals surface area contributed by atoms with Crippen molar-refractivity contribution in [2.24, 2.45) is 5.73 Å². The second kappa shape index (κ2) is 5.81. The third-order valence-electron chi connectivity index (χ3n) is 3.01. The highest BCUT2D eigenvalue weighted by Gasteiger charge is 2.18. The standard InChI is InChI=1S/C13H16N2O4/c14-11(6-19-7-12(16)17)9-2-1-8-3-4-15-13(18)10(8)5-9/h1-2,5,11H,3-4,6-7,14H2,(H,15,18)(H,16,17). The summed E-state index contributed by atoms with van der Waals surface area (Å²) in [6, 6.07) is 5.05. The molecule has 19 heavy (non-hydrogen) atoms. The highest BCUT2D eigenvalue weighted by molar-refractivity contribution is 5.96. The van der Waals surface area contributed by atoms with Crippen molar-refractivity contribution in [3.63, 3.8) is 0 Å². The molecule has 0 saturated heterocycles. The Kier molecular flexibility index (Phi) is 4.13. The van der Waals surface area contributed by atoms with E-state index in [1.54, 1.807) is 6.07 Å². The van der Waals surface area contributed by atoms with E-state index in [9.17, 15) is 9.59 Å². The van der Waals surface area contributed by atoms with Crippen LogP contribution in [-0.2, 0) is 16.0 Å². The summed E-state index contributed by atoms with van der Waals surface area (Å²) >= 11 is 0. The molecule has 0 spiro atoms. The summed E-state index contributed by atoms with van der Waals surface area (Å²) in [4.78, 5) is 22.0. The van der Waals surface area contributed by atoms with E-state index in [4.69, 9.17) is 15.6 Å². The van der Waals surface area contributed by atoms with Crippen molar-refractivity contribution in [3.05, 3.63) is 34.9 Å². The van der Waals surface area contributed by atoms with E-state index in [1.165, 1.54) is 0 Å². The average molecular weight is 264 g/mol. The van der Waals surface area contributed by atoms with Gasteiger partial charge in [-0.05, 0) is 23.6 Å². The molecule has 1 aromatic carbocycles. The minimum atomic E-state index is -1.03. The maximum atomic E-state index is 11.7. The van der Waals surface area contributed by atoms with Gasteiger partial charge in [0.25, 0.3) is 5.91 Å². The number of carboxylic acids is 1. The van der Waals surface area contributed by atoms with Crippen molar-refractivity contribution in [1.29, 1.82) is 0 Å². The molecule has 2 rings (SSSR count). The molecule has 0 saturated carbocycles. The number of hydrogen-bond acceptors (Lipinski definition) is 4. The minimum absolute atomic E-state index is 0.0956. The fraction of sp³-hybridized carbons (Fsp3) is 0.385. The number of carbonyl (C=O) groups is 2. The Morgan fingerprint density at radius 2 is 2.32 bits per heavy atom. The van der Waals surface area contributed by atoms with Gasteiger partial charge in [0.05, 0.1) is 12.6 Å². The summed E-state index contributed by atoms with van der Waals surface area (Å²) in [6.07, 6.45) is 0.812. The Hall–Kier alpha value is -1.92. The first-order valence-corrected chi connectivity index (χ1v) is 6.04. The van der Waals surface area contributed by atoms with Crippen LogP contribution in [0.5, 0.6) is 0 Å². The maximum absolute atomic E-state index is 11.7. The topological polar surface area (TPSA) is 102 Å². The molecule has 1 heterocycles. The Balaban J connectivity index is 2.06. The van der Waals surface area contributed by atoms with Gasteiger partial charge in [-0.3, -0.25) is 4.79 Å². The third-order valence-corrected chi connectivity index (χ3v) is 3.01. The summed E-state index contributed by atoms with van der Waals surface area (Å²) in [5, 5.41) is 11.2. The number of hydrogen-bond donors (Lipinski definition) is 3. The molecular formula is C13H16N2O4. The van der Waals surface area contributed by atoms with Gasteiger partial charge < -0.3 is 20.9 Å². The zero-order valence-electron chi connectivity index (χ0n) is 10.4. The quantitative estimate of drug-likeness (QED) is 0.698. The number of amides is 1. The molecule has 1 unspecified atom stereocenters. The SMILES string of the molecule is NC(COCC(=O)O)c1ccc2c(c1)C(=O)NCC2. The van der Waals surface area contributed by atoms with Crippen LogP contribution in [0.3, 0.4) is 0 Å². The van der Waals surface area contributed by atoms with Crippen molar-refractivity contribution in [2.45, 2.75) is 12.5 Å². The highest BCUT2D eigenvalue weighted by atomic mass is 16.5. The van der Waals surface area contributed by atoms with Gasteiger partial charge in [-0.25, -0.2) is 4.79 Å². The minimum Gasteiger partial charge on any atom is -0.480 e. The summed E-state index contributed by atoms with van der Waals surface area (Å²) in [5.74, 6) is -1.13. The molecule has 1 atom stereocenters. The zero-order chi connectivity index (χ0) is 13.8. The van der Waals surface area contributed by atoms with Crippen LogP contribution >= 0.6 is 0 Å². The first-order valence-electron chi connectivity index (χ1n) is 6.04. The van der Waals surface area contributed by atoms with Crippen LogP contribution < -0.4 is 11.1 Å². The molecule has 0 radical (unpaired) electrons. The summed E-state index contributed by atoms with van der Waals surface area (Å²) in [6.45, 7) is 0.380. The zero-order valence-corrected chi connectivity index (χ0v) is 10.4. The number of ether oxygens (including phenoxy) is 1. The monoisotopic (exact) mass is 264 g/mol. The van der Waals surface area contributed by atoms with E-state index in [0.29, 0.717) is 12.1 Å². The number of benzene rings is 1. The number of aliphatic carboxylic acids is 1. The van der Waals surface area contributed by atoms with Crippen LogP contribution in [0.25, 0.3) is 0 Å². The Morgan fingerprint density at radius 1 is 1.53 bits per heavy atom. The predicted octanol–water partition coefficient (Wildman–Crippen LogP) is 0.0735. The Morgan fingerprint density at radius 3 is 3.05 bits per heavy atom. The molecule has 0 fully saturated rings. The van der Waals surface area contributed by atoms with Crippen LogP contribution in [0.4, 0.5) is 0 Å². The lowest BCUT2D eigenvalue weighted by molar-refractivity contribution is -0.142. The lowest BCUT2D eigenvalue weighted by Gasteiger charge is -2.19. The van der Waals surface area contributed by atoms with Crippen molar-refractivity contribution in [3.8, 4) is 0 Å². The first kappa shape index (κ1) is 13.5. The molecule has 102 valence electrons. The molecule has 1 amide bonds. The van der Waals surface area contributed by atoms with Gasteiger partial charge in [-0.15, -0.1) is 0 Å². The number of carbonyl (C=O) groups excluding carboxylic acids is 1. The number of carboxylic acid groups (broad SMARTS) is 1. The number of fused-ring (bicyclic) bond motifs is 1. The fourth-order valence-corrected chi connectivity index (χ4v) is 2.03. The van der Waals surface area contributed by atoms with Crippen LogP contribution in [0.2, 0.25) is 0 Å². The molecular weight excluding hydrogens is 248 g/mol. The van der Waals surface area contributed by atoms with E-state index < -0.39 is 12.0 Å². The first-order chi connectivity index (χ1) is 9.08. The van der Waals surface area contributed by atoms with Crippen LogP contribution in [-0.4, -0.2) is 36.7 Å². The molecule has 4 N–H and O–H groups in total. The molecule has 1 aliphatic heterocycles. The van der Waals surface area contributed by atoms with E-state index in [0.717, 1.165) is 17.5 Å². The van der Waals surface area contributed by atoms with Crippen LogP contribution in [0, 0.1) is 0 Å². The van der Waals surface area contributed by atoms with Gasteiger partial charge in [0.15, 0.2) is 0 Å². The molecule has 6 nitrogen and oxygen atoms in total. The Labute approximate surface area is 110 Å². The average Bonchev–Trinajstić information content (AvgIpc) is 2.38. The van der Waals surface area contributed by atoms with Gasteiger partial charge in [0, 0.05) is 12.1 Å². The van der Waals surface area contributed by atoms with Crippen molar-refractivity contribution in [2.75, 3.05) is 19.8 Å². The molecule has 0 bridgehead atoms. The van der Waals surface area contributed by atoms with E-state index in [1.807, 2.05) is 12.1 Å². The van der Waals surface area contributed by atoms with Crippen LogP contribution in [0.15, 0.2) is 18.2 Å². The molecule has 1 aliphatic rings. The molecule has 1 aromatic rings. The second-order valence-corrected chi connectivity index (χ2v) is 4.44. The fourth-order valence-electron chi connectivity index (χ4n) is 2.03. The van der Waals surface area contributed by atoms with Gasteiger partial charge in [-0.2, -0.15) is 0 Å². The van der Waals surface area contributed by atoms with Crippen molar-refractivity contribution < 1.29 is 19.4 Å². The van der Waals surface area contributed by atoms with Crippen molar-refractivity contribution in [1.82, 2.24) is 5.32 Å². The lowest BCUT2D eigenvalue weighted by atomic mass is 9.95. The number of nitrogens with one attached hydrogen (secondary N) is 1. The number of nitrogens with two attached hydrogens (primary N) is 1. The van der Waals surface area contributed by atoms with Gasteiger partial charge in [0.2, 0.25) is 0 Å². The van der Waals surface area contributed by atoms with Gasteiger partial charge in [-0.1, -0.05) is 12.1 Å². The smallest absolute Gasteiger partial charge is 0.329 e. The second-order valence-electron chi connectivity index (χ2n) is 4.44. The van der Waals surface area contributed by atoms with Gasteiger partial charge >= 0.3 is 5.97 Å². The maximum Gasteiger partial charge on any atom is 0.329 e. The summed E-state index contributed by atoms with van der Waals surface area (Å²) in [7, 11) is 0. The van der Waals surface area contributed by atoms with Crippen LogP contribution in [0.1, 0.15) is 27.5 Å². The molecule has 0 aliphatic carbocycles. The van der Waals surface area contributed by atoms with E-state index in [-0.39, 0.29) is 19.1 Å². The molecule has 0 aromatic heterocycles. The summed E-state index contributed by atoms with van der Waals surface area (Å²) < 4.78 is 4.96. The normalized spacial score (nSPS) is 15.5. The van der Waals surface area contributed by atoms with E-state index >= 15 is 0 Å². The third kappa shape index (κ3) is 3.30. The van der Waals surface area contributed by atoms with E-state index in [2.05, 4.69) is 5.32 Å². The predicted molar refractivity (Wildman–Crippen MR) is 67.9 cm³/mol.